The fourth-order valence-electron chi connectivity index (χ4n) is 0.586. The lowest BCUT2D eigenvalue weighted by Crippen LogP contribution is -1.75. The first kappa shape index (κ1) is 8.57. The highest BCUT2D eigenvalue weighted by Gasteiger charge is 2.02. The fraction of sp³-hybridized carbons (Fsp3) is 0. The van der Waals surface area contributed by atoms with E-state index in [1.165, 1.54) is 6.07 Å². The Morgan fingerprint density at radius 1 is 1.55 bits per heavy atom. The minimum atomic E-state index is -0.306. The van der Waals surface area contributed by atoms with Crippen LogP contribution >= 0.6 is 27.9 Å². The Morgan fingerprint density at radius 2 is 2.27 bits per heavy atom. The highest BCUT2D eigenvalue weighted by atomic mass is 79.9. The maximum absolute atomic E-state index is 12.6. The minimum Gasteiger partial charge on any atom is -0.223 e. The van der Waals surface area contributed by atoms with Gasteiger partial charge in [0, 0.05) is 0 Å². The van der Waals surface area contributed by atoms with Crippen molar-refractivity contribution in [1.82, 2.24) is 0 Å². The fourth-order valence-corrected chi connectivity index (χ4v) is 1.52. The SMILES string of the molecule is [C-]#[N+]Sc1ccc(F)c(Br)c1. The van der Waals surface area contributed by atoms with Gasteiger partial charge in [-0.2, -0.15) is 0 Å². The van der Waals surface area contributed by atoms with Gasteiger partial charge in [0.25, 0.3) is 11.9 Å². The lowest BCUT2D eigenvalue weighted by atomic mass is 10.3. The smallest absolute Gasteiger partial charge is 0.223 e. The molecule has 0 bridgehead atoms. The maximum Gasteiger partial charge on any atom is 0.294 e. The number of nitrogens with zero attached hydrogens (tertiary/aromatic N) is 1. The molecule has 0 aliphatic carbocycles. The van der Waals surface area contributed by atoms with Crippen LogP contribution in [0.25, 0.3) is 4.25 Å². The first-order valence-electron chi connectivity index (χ1n) is 2.73. The maximum atomic E-state index is 12.6. The standard InChI is InChI=1S/C7H3BrFNS/c1-10-11-5-2-3-7(9)6(8)4-5/h2-4H. The van der Waals surface area contributed by atoms with Gasteiger partial charge in [0.2, 0.25) is 0 Å². The summed E-state index contributed by atoms with van der Waals surface area (Å²) in [4.78, 5) is 0.744. The molecule has 4 heteroatoms. The van der Waals surface area contributed by atoms with Crippen molar-refractivity contribution < 1.29 is 4.39 Å². The summed E-state index contributed by atoms with van der Waals surface area (Å²) in [6.45, 7) is 6.54. The van der Waals surface area contributed by atoms with Crippen LogP contribution in [0.3, 0.4) is 0 Å². The molecule has 0 radical (unpaired) electrons. The molecule has 1 nitrogen and oxygen atoms in total. The molecule has 1 aromatic rings. The molecule has 1 rings (SSSR count). The van der Waals surface area contributed by atoms with Crippen LogP contribution in [0, 0.1) is 12.4 Å². The van der Waals surface area contributed by atoms with Crippen LogP contribution in [0.5, 0.6) is 0 Å². The summed E-state index contributed by atoms with van der Waals surface area (Å²) >= 11 is 4.02. The third-order valence-corrected chi connectivity index (χ3v) is 2.21. The predicted octanol–water partition coefficient (Wildman–Crippen LogP) is 3.51. The number of halogens is 2. The van der Waals surface area contributed by atoms with E-state index in [9.17, 15) is 4.39 Å². The summed E-state index contributed by atoms with van der Waals surface area (Å²) in [5.41, 5.74) is 0. The second-order valence-electron chi connectivity index (χ2n) is 1.76. The van der Waals surface area contributed by atoms with Gasteiger partial charge in [-0.15, -0.1) is 0 Å². The third kappa shape index (κ3) is 2.21. The zero-order valence-corrected chi connectivity index (χ0v) is 7.75. The van der Waals surface area contributed by atoms with Gasteiger partial charge >= 0.3 is 0 Å². The van der Waals surface area contributed by atoms with Crippen LogP contribution in [0.15, 0.2) is 27.6 Å². The quantitative estimate of drug-likeness (QED) is 0.529. The lowest BCUT2D eigenvalue weighted by Gasteiger charge is -1.92. The van der Waals surface area contributed by atoms with E-state index in [0.29, 0.717) is 4.47 Å². The number of hydrogen-bond acceptors (Lipinski definition) is 1. The van der Waals surface area contributed by atoms with Crippen LogP contribution in [0.2, 0.25) is 0 Å². The molecule has 0 aliphatic rings. The highest BCUT2D eigenvalue weighted by molar-refractivity contribution is 9.10. The summed E-state index contributed by atoms with van der Waals surface area (Å²) < 4.78 is 16.1. The first-order valence-corrected chi connectivity index (χ1v) is 4.29. The van der Waals surface area contributed by atoms with Gasteiger partial charge in [-0.25, -0.2) is 15.2 Å². The Hall–Kier alpha value is -0.530. The molecule has 0 spiro atoms. The van der Waals surface area contributed by atoms with E-state index in [1.807, 2.05) is 0 Å². The summed E-state index contributed by atoms with van der Waals surface area (Å²) in [7, 11) is 0. The Labute approximate surface area is 76.7 Å². The van der Waals surface area contributed by atoms with Crippen LogP contribution < -0.4 is 0 Å². The molecule has 0 heterocycles. The molecular weight excluding hydrogens is 229 g/mol. The third-order valence-electron chi connectivity index (χ3n) is 1.04. The predicted molar refractivity (Wildman–Crippen MR) is 46.6 cm³/mol. The van der Waals surface area contributed by atoms with Crippen molar-refractivity contribution in [2.45, 2.75) is 4.90 Å². The molecule has 0 atom stereocenters. The van der Waals surface area contributed by atoms with E-state index in [1.54, 1.807) is 12.1 Å². The van der Waals surface area contributed by atoms with Crippen molar-refractivity contribution in [3.63, 3.8) is 0 Å². The lowest BCUT2D eigenvalue weighted by molar-refractivity contribution is 0.619. The highest BCUT2D eigenvalue weighted by Crippen LogP contribution is 2.24. The first-order chi connectivity index (χ1) is 5.24. The van der Waals surface area contributed by atoms with Crippen LogP contribution in [0.1, 0.15) is 0 Å². The molecule has 0 aliphatic heterocycles. The molecule has 56 valence electrons. The molecule has 0 saturated heterocycles. The van der Waals surface area contributed by atoms with Crippen LogP contribution in [-0.2, 0) is 0 Å². The van der Waals surface area contributed by atoms with Crippen molar-refractivity contribution in [2.75, 3.05) is 0 Å². The van der Waals surface area contributed by atoms with Crippen molar-refractivity contribution in [1.29, 1.82) is 0 Å². The molecule has 0 N–H and O–H groups in total. The summed E-state index contributed by atoms with van der Waals surface area (Å²) in [6, 6.07) is 4.48. The van der Waals surface area contributed by atoms with E-state index in [4.69, 9.17) is 6.57 Å². The molecule has 0 amide bonds. The Morgan fingerprint density at radius 3 is 2.82 bits per heavy atom. The molecular formula is C7H3BrFNS. The van der Waals surface area contributed by atoms with E-state index < -0.39 is 0 Å². The Kier molecular flexibility index (Phi) is 2.92. The van der Waals surface area contributed by atoms with Crippen molar-refractivity contribution in [3.8, 4) is 0 Å². The van der Waals surface area contributed by atoms with Crippen molar-refractivity contribution >= 4 is 27.9 Å². The second-order valence-corrected chi connectivity index (χ2v) is 3.45. The average Bonchev–Trinajstić information content (AvgIpc) is 1.98. The van der Waals surface area contributed by atoms with Gasteiger partial charge < -0.3 is 0 Å². The summed E-state index contributed by atoms with van der Waals surface area (Å²) in [5.74, 6) is -0.306. The van der Waals surface area contributed by atoms with Crippen LogP contribution in [-0.4, -0.2) is 0 Å². The molecule has 0 fully saturated rings. The van der Waals surface area contributed by atoms with E-state index >= 15 is 0 Å². The van der Waals surface area contributed by atoms with E-state index in [2.05, 4.69) is 20.2 Å². The van der Waals surface area contributed by atoms with Gasteiger partial charge in [0.1, 0.15) is 5.82 Å². The van der Waals surface area contributed by atoms with Crippen LogP contribution in [0.4, 0.5) is 4.39 Å². The Balaban J connectivity index is 2.98. The normalized spacial score (nSPS) is 9.18. The van der Waals surface area contributed by atoms with Gasteiger partial charge in [0.05, 0.1) is 9.37 Å². The summed E-state index contributed by atoms with van der Waals surface area (Å²) in [5, 5.41) is 0. The van der Waals surface area contributed by atoms with Gasteiger partial charge in [-0.1, -0.05) is 0 Å². The molecule has 0 unspecified atom stereocenters. The monoisotopic (exact) mass is 231 g/mol. The topological polar surface area (TPSA) is 4.36 Å². The second kappa shape index (κ2) is 3.74. The molecule has 0 aromatic heterocycles. The van der Waals surface area contributed by atoms with Crippen molar-refractivity contribution in [2.24, 2.45) is 0 Å². The number of rotatable bonds is 1. The van der Waals surface area contributed by atoms with E-state index in [-0.39, 0.29) is 5.82 Å². The van der Waals surface area contributed by atoms with E-state index in [0.717, 1.165) is 16.8 Å². The molecule has 11 heavy (non-hydrogen) atoms. The van der Waals surface area contributed by atoms with Crippen molar-refractivity contribution in [3.05, 3.63) is 39.3 Å². The molecule has 0 saturated carbocycles. The van der Waals surface area contributed by atoms with Gasteiger partial charge in [-0.3, -0.25) is 0 Å². The van der Waals surface area contributed by atoms with Gasteiger partial charge in [-0.05, 0) is 34.1 Å². The average molecular weight is 232 g/mol. The zero-order chi connectivity index (χ0) is 8.27. The summed E-state index contributed by atoms with van der Waals surface area (Å²) in [6.07, 6.45) is 0. The largest absolute Gasteiger partial charge is 0.294 e. The molecule has 1 aromatic carbocycles. The Bertz CT molecular complexity index is 308. The number of benzene rings is 1. The minimum absolute atomic E-state index is 0.306. The van der Waals surface area contributed by atoms with Gasteiger partial charge in [0.15, 0.2) is 0 Å². The number of hydrogen-bond donors (Lipinski definition) is 0. The zero-order valence-electron chi connectivity index (χ0n) is 5.34.